The zero-order chi connectivity index (χ0) is 13.3. The molecule has 1 aliphatic rings. The first kappa shape index (κ1) is 12.6. The first-order valence-corrected chi connectivity index (χ1v) is 6.92. The normalized spacial score (nSPS) is 18.4. The summed E-state index contributed by atoms with van der Waals surface area (Å²) in [6.07, 6.45) is 4.96. The number of rotatable bonds is 5. The van der Waals surface area contributed by atoms with Gasteiger partial charge in [0.05, 0.1) is 11.1 Å². The molecule has 1 atom stereocenters. The van der Waals surface area contributed by atoms with E-state index in [1.165, 1.54) is 12.8 Å². The number of aromatic nitrogens is 1. The zero-order valence-corrected chi connectivity index (χ0v) is 11.3. The first-order valence-electron chi connectivity index (χ1n) is 6.92. The van der Waals surface area contributed by atoms with Crippen molar-refractivity contribution in [2.24, 2.45) is 0 Å². The highest BCUT2D eigenvalue weighted by molar-refractivity contribution is 5.81. The molecule has 1 aromatic heterocycles. The molecule has 0 spiro atoms. The summed E-state index contributed by atoms with van der Waals surface area (Å²) in [5, 5.41) is 15.1. The number of nitrogens with one attached hydrogen (secondary N) is 1. The van der Waals surface area contributed by atoms with Crippen molar-refractivity contribution < 1.29 is 5.11 Å². The van der Waals surface area contributed by atoms with E-state index in [-0.39, 0.29) is 0 Å². The summed E-state index contributed by atoms with van der Waals surface area (Å²) in [5.41, 5.74) is 1.44. The maximum atomic E-state index is 10.5. The fourth-order valence-corrected chi connectivity index (χ4v) is 2.43. The minimum Gasteiger partial charge on any atom is -0.389 e. The lowest BCUT2D eigenvalue weighted by Crippen LogP contribution is -2.40. The molecule has 100 valence electrons. The van der Waals surface area contributed by atoms with Crippen LogP contribution in [0.1, 0.15) is 25.3 Å². The van der Waals surface area contributed by atoms with Crippen molar-refractivity contribution in [3.05, 3.63) is 42.1 Å². The summed E-state index contributed by atoms with van der Waals surface area (Å²) in [4.78, 5) is 4.36. The van der Waals surface area contributed by atoms with E-state index < -0.39 is 5.60 Å². The number of aliphatic hydroxyl groups is 1. The van der Waals surface area contributed by atoms with Crippen LogP contribution in [0.3, 0.4) is 0 Å². The molecule has 1 fully saturated rings. The number of pyridine rings is 1. The van der Waals surface area contributed by atoms with Crippen molar-refractivity contribution in [3.63, 3.8) is 0 Å². The van der Waals surface area contributed by atoms with Gasteiger partial charge in [0, 0.05) is 30.6 Å². The highest BCUT2D eigenvalue weighted by Gasteiger charge is 2.27. The van der Waals surface area contributed by atoms with Crippen molar-refractivity contribution in [2.75, 3.05) is 6.54 Å². The topological polar surface area (TPSA) is 45.1 Å². The quantitative estimate of drug-likeness (QED) is 0.862. The third-order valence-corrected chi connectivity index (χ3v) is 3.66. The van der Waals surface area contributed by atoms with E-state index in [4.69, 9.17) is 0 Å². The molecule has 1 aliphatic carbocycles. The Bertz CT molecular complexity index is 570. The minimum absolute atomic E-state index is 0.626. The van der Waals surface area contributed by atoms with E-state index in [1.807, 2.05) is 37.4 Å². The Kier molecular flexibility index (Phi) is 3.25. The molecule has 2 N–H and O–H groups in total. The number of fused-ring (bicyclic) bond motifs is 1. The largest absolute Gasteiger partial charge is 0.389 e. The summed E-state index contributed by atoms with van der Waals surface area (Å²) in [7, 11) is 0. The summed E-state index contributed by atoms with van der Waals surface area (Å²) >= 11 is 0. The molecule has 3 rings (SSSR count). The summed E-state index contributed by atoms with van der Waals surface area (Å²) in [6, 6.07) is 10.7. The van der Waals surface area contributed by atoms with E-state index in [0.29, 0.717) is 19.0 Å². The van der Waals surface area contributed by atoms with Crippen LogP contribution in [0.4, 0.5) is 0 Å². The van der Waals surface area contributed by atoms with Crippen LogP contribution in [-0.4, -0.2) is 28.3 Å². The predicted molar refractivity (Wildman–Crippen MR) is 77.1 cm³/mol. The van der Waals surface area contributed by atoms with Gasteiger partial charge in [-0.3, -0.25) is 4.98 Å². The van der Waals surface area contributed by atoms with E-state index in [0.717, 1.165) is 16.5 Å². The summed E-state index contributed by atoms with van der Waals surface area (Å²) in [5.74, 6) is 0. The molecule has 1 aromatic carbocycles. The maximum Gasteiger partial charge on any atom is 0.0784 e. The van der Waals surface area contributed by atoms with Crippen molar-refractivity contribution in [2.45, 2.75) is 37.8 Å². The molecule has 3 nitrogen and oxygen atoms in total. The molecular formula is C16H20N2O. The lowest BCUT2D eigenvalue weighted by atomic mass is 9.94. The van der Waals surface area contributed by atoms with Gasteiger partial charge in [-0.05, 0) is 37.5 Å². The highest BCUT2D eigenvalue weighted by atomic mass is 16.3. The van der Waals surface area contributed by atoms with Crippen LogP contribution < -0.4 is 5.32 Å². The zero-order valence-electron chi connectivity index (χ0n) is 11.3. The Labute approximate surface area is 113 Å². The minimum atomic E-state index is -0.716. The van der Waals surface area contributed by atoms with Gasteiger partial charge >= 0.3 is 0 Å². The monoisotopic (exact) mass is 256 g/mol. The number of hydrogen-bond donors (Lipinski definition) is 2. The molecular weight excluding hydrogens is 236 g/mol. The van der Waals surface area contributed by atoms with E-state index >= 15 is 0 Å². The van der Waals surface area contributed by atoms with Crippen molar-refractivity contribution in [1.82, 2.24) is 10.3 Å². The Morgan fingerprint density at radius 2 is 2.11 bits per heavy atom. The van der Waals surface area contributed by atoms with Crippen LogP contribution in [0.25, 0.3) is 10.9 Å². The van der Waals surface area contributed by atoms with Crippen molar-refractivity contribution in [3.8, 4) is 0 Å². The molecule has 0 aliphatic heterocycles. The Balaban J connectivity index is 1.79. The molecule has 1 unspecified atom stereocenters. The van der Waals surface area contributed by atoms with Crippen LogP contribution in [0, 0.1) is 0 Å². The summed E-state index contributed by atoms with van der Waals surface area (Å²) in [6.45, 7) is 2.55. The second kappa shape index (κ2) is 4.91. The van der Waals surface area contributed by atoms with E-state index in [1.54, 1.807) is 0 Å². The third kappa shape index (κ3) is 3.11. The second-order valence-corrected chi connectivity index (χ2v) is 5.82. The molecule has 0 bridgehead atoms. The van der Waals surface area contributed by atoms with Crippen molar-refractivity contribution in [1.29, 1.82) is 0 Å². The molecule has 2 aromatic rings. The number of nitrogens with zero attached hydrogens (tertiary/aromatic N) is 1. The van der Waals surface area contributed by atoms with Gasteiger partial charge in [-0.1, -0.05) is 18.2 Å². The lowest BCUT2D eigenvalue weighted by Gasteiger charge is -2.24. The molecule has 0 radical (unpaired) electrons. The van der Waals surface area contributed by atoms with Gasteiger partial charge in [0.15, 0.2) is 0 Å². The molecule has 1 heterocycles. The lowest BCUT2D eigenvalue weighted by molar-refractivity contribution is 0.0601. The molecule has 19 heavy (non-hydrogen) atoms. The van der Waals surface area contributed by atoms with Gasteiger partial charge in [0.2, 0.25) is 0 Å². The van der Waals surface area contributed by atoms with Gasteiger partial charge in [-0.2, -0.15) is 0 Å². The molecule has 0 amide bonds. The first-order chi connectivity index (χ1) is 9.14. The molecule has 3 heteroatoms. The maximum absolute atomic E-state index is 10.5. The van der Waals surface area contributed by atoms with Crippen LogP contribution >= 0.6 is 0 Å². The molecule has 1 saturated carbocycles. The van der Waals surface area contributed by atoms with Gasteiger partial charge in [-0.15, -0.1) is 0 Å². The number of benzene rings is 1. The number of para-hydroxylation sites is 1. The van der Waals surface area contributed by atoms with E-state index in [9.17, 15) is 5.11 Å². The van der Waals surface area contributed by atoms with Crippen LogP contribution in [0.15, 0.2) is 36.5 Å². The fraction of sp³-hybridized carbons (Fsp3) is 0.438. The Hall–Kier alpha value is -1.45. The SMILES string of the molecule is CC(O)(CNC1CC1)Cc1ccnc2ccccc12. The standard InChI is InChI=1S/C16H20N2O/c1-16(19,11-18-13-6-7-13)10-12-8-9-17-15-5-3-2-4-14(12)15/h2-5,8-9,13,18-19H,6-7,10-11H2,1H3. The van der Waals surface area contributed by atoms with Crippen LogP contribution in [-0.2, 0) is 6.42 Å². The average Bonchev–Trinajstić information content (AvgIpc) is 3.21. The van der Waals surface area contributed by atoms with Crippen molar-refractivity contribution >= 4 is 10.9 Å². The second-order valence-electron chi connectivity index (χ2n) is 5.82. The highest BCUT2D eigenvalue weighted by Crippen LogP contribution is 2.23. The van der Waals surface area contributed by atoms with Gasteiger partial charge in [0.25, 0.3) is 0 Å². The van der Waals surface area contributed by atoms with E-state index in [2.05, 4.69) is 16.4 Å². The van der Waals surface area contributed by atoms with Gasteiger partial charge in [0.1, 0.15) is 0 Å². The fourth-order valence-electron chi connectivity index (χ4n) is 2.43. The number of hydrogen-bond acceptors (Lipinski definition) is 3. The van der Waals surface area contributed by atoms with Crippen LogP contribution in [0.5, 0.6) is 0 Å². The third-order valence-electron chi connectivity index (χ3n) is 3.66. The van der Waals surface area contributed by atoms with Gasteiger partial charge in [-0.25, -0.2) is 0 Å². The smallest absolute Gasteiger partial charge is 0.0784 e. The predicted octanol–water partition coefficient (Wildman–Crippen LogP) is 2.28. The Morgan fingerprint density at radius 3 is 2.89 bits per heavy atom. The molecule has 0 saturated heterocycles. The van der Waals surface area contributed by atoms with Crippen LogP contribution in [0.2, 0.25) is 0 Å². The average molecular weight is 256 g/mol. The summed E-state index contributed by atoms with van der Waals surface area (Å²) < 4.78 is 0. The van der Waals surface area contributed by atoms with Gasteiger partial charge < -0.3 is 10.4 Å². The Morgan fingerprint density at radius 1 is 1.32 bits per heavy atom.